The maximum absolute atomic E-state index is 5.42. The first kappa shape index (κ1) is 12.2. The zero-order valence-corrected chi connectivity index (χ0v) is 12.0. The summed E-state index contributed by atoms with van der Waals surface area (Å²) >= 11 is 5.42. The molecule has 6 nitrogen and oxygen atoms in total. The van der Waals surface area contributed by atoms with Gasteiger partial charge in [-0.1, -0.05) is 6.92 Å². The molecule has 19 heavy (non-hydrogen) atoms. The van der Waals surface area contributed by atoms with Crippen molar-refractivity contribution in [1.82, 2.24) is 29.1 Å². The van der Waals surface area contributed by atoms with Gasteiger partial charge in [-0.05, 0) is 18.6 Å². The Labute approximate surface area is 115 Å². The van der Waals surface area contributed by atoms with Crippen LogP contribution in [0.25, 0.3) is 11.2 Å². The van der Waals surface area contributed by atoms with Crippen LogP contribution in [0.2, 0.25) is 0 Å². The molecule has 3 aromatic heterocycles. The molecular formula is C12H16N6S. The fourth-order valence-electron chi connectivity index (χ4n) is 2.41. The predicted octanol–water partition coefficient (Wildman–Crippen LogP) is 1.78. The van der Waals surface area contributed by atoms with E-state index >= 15 is 0 Å². The molecule has 0 amide bonds. The molecule has 0 atom stereocenters. The van der Waals surface area contributed by atoms with Crippen LogP contribution in [0.15, 0.2) is 12.4 Å². The first-order valence-electron chi connectivity index (χ1n) is 6.22. The Kier molecular flexibility index (Phi) is 2.78. The predicted molar refractivity (Wildman–Crippen MR) is 75.6 cm³/mol. The molecule has 0 radical (unpaired) electrons. The number of hydrogen-bond donors (Lipinski definition) is 1. The summed E-state index contributed by atoms with van der Waals surface area (Å²) in [7, 11) is 3.86. The van der Waals surface area contributed by atoms with E-state index in [1.54, 1.807) is 4.68 Å². The summed E-state index contributed by atoms with van der Waals surface area (Å²) in [4.78, 5) is 3.26. The molecule has 0 fully saturated rings. The fraction of sp³-hybridized carbons (Fsp3) is 0.417. The van der Waals surface area contributed by atoms with E-state index in [4.69, 9.17) is 12.2 Å². The minimum absolute atomic E-state index is 0.704. The SMILES string of the molecule is CCc1nn(C)c2c1[nH]c(=S)n2Cc1cnn(C)c1. The summed E-state index contributed by atoms with van der Waals surface area (Å²) in [5.74, 6) is 0. The number of H-pyrrole nitrogens is 1. The Morgan fingerprint density at radius 1 is 1.37 bits per heavy atom. The van der Waals surface area contributed by atoms with Gasteiger partial charge >= 0.3 is 0 Å². The van der Waals surface area contributed by atoms with Crippen LogP contribution in [-0.4, -0.2) is 29.1 Å². The highest BCUT2D eigenvalue weighted by molar-refractivity contribution is 7.71. The molecule has 3 aromatic rings. The molecule has 0 aliphatic rings. The lowest BCUT2D eigenvalue weighted by atomic mass is 10.3. The number of fused-ring (bicyclic) bond motifs is 1. The average Bonchev–Trinajstić information content (AvgIpc) is 3.00. The second-order valence-electron chi connectivity index (χ2n) is 4.66. The maximum atomic E-state index is 5.42. The molecule has 1 N–H and O–H groups in total. The van der Waals surface area contributed by atoms with Crippen LogP contribution in [0.4, 0.5) is 0 Å². The molecule has 0 bridgehead atoms. The summed E-state index contributed by atoms with van der Waals surface area (Å²) in [6.45, 7) is 2.80. The number of aromatic nitrogens is 6. The fourth-order valence-corrected chi connectivity index (χ4v) is 2.66. The van der Waals surface area contributed by atoms with Crippen LogP contribution in [0.3, 0.4) is 0 Å². The molecule has 0 aliphatic heterocycles. The number of imidazole rings is 1. The zero-order chi connectivity index (χ0) is 13.6. The quantitative estimate of drug-likeness (QED) is 0.742. The standard InChI is InChI=1S/C12H16N6S/c1-4-9-10-11(17(3)15-9)18(12(19)14-10)7-8-5-13-16(2)6-8/h5-6H,4,7H2,1-3H3,(H,14,19). The van der Waals surface area contributed by atoms with E-state index in [0.29, 0.717) is 6.54 Å². The lowest BCUT2D eigenvalue weighted by Gasteiger charge is -2.02. The van der Waals surface area contributed by atoms with Crippen molar-refractivity contribution >= 4 is 23.4 Å². The first-order chi connectivity index (χ1) is 9.10. The second kappa shape index (κ2) is 4.34. The van der Waals surface area contributed by atoms with E-state index in [1.165, 1.54) is 0 Å². The Balaban J connectivity index is 2.15. The summed E-state index contributed by atoms with van der Waals surface area (Å²) in [5.41, 5.74) is 4.25. The van der Waals surface area contributed by atoms with Gasteiger partial charge in [0.05, 0.1) is 18.4 Å². The van der Waals surface area contributed by atoms with Crippen molar-refractivity contribution in [3.63, 3.8) is 0 Å². The van der Waals surface area contributed by atoms with Crippen LogP contribution >= 0.6 is 12.2 Å². The summed E-state index contributed by atoms with van der Waals surface area (Å²) in [5, 5.41) is 8.70. The van der Waals surface area contributed by atoms with Gasteiger partial charge in [0.1, 0.15) is 5.52 Å². The third-order valence-electron chi connectivity index (χ3n) is 3.26. The van der Waals surface area contributed by atoms with Crippen LogP contribution in [0.5, 0.6) is 0 Å². The molecule has 3 heterocycles. The lowest BCUT2D eigenvalue weighted by Crippen LogP contribution is -2.04. The van der Waals surface area contributed by atoms with Gasteiger partial charge in [0, 0.05) is 25.9 Å². The van der Waals surface area contributed by atoms with Gasteiger partial charge in [0.25, 0.3) is 0 Å². The summed E-state index contributed by atoms with van der Waals surface area (Å²) in [6.07, 6.45) is 4.74. The van der Waals surface area contributed by atoms with Crippen molar-refractivity contribution < 1.29 is 0 Å². The average molecular weight is 276 g/mol. The minimum Gasteiger partial charge on any atom is -0.328 e. The van der Waals surface area contributed by atoms with Gasteiger partial charge in [-0.2, -0.15) is 10.2 Å². The molecule has 0 spiro atoms. The van der Waals surface area contributed by atoms with E-state index in [9.17, 15) is 0 Å². The molecule has 0 saturated heterocycles. The number of nitrogens with one attached hydrogen (secondary N) is 1. The largest absolute Gasteiger partial charge is 0.328 e. The van der Waals surface area contributed by atoms with Gasteiger partial charge in [-0.25, -0.2) is 0 Å². The first-order valence-corrected chi connectivity index (χ1v) is 6.63. The number of nitrogens with zero attached hydrogens (tertiary/aromatic N) is 5. The van der Waals surface area contributed by atoms with E-state index in [1.807, 2.05) is 31.2 Å². The number of aryl methyl sites for hydroxylation is 3. The summed E-state index contributed by atoms with van der Waals surface area (Å²) in [6, 6.07) is 0. The van der Waals surface area contributed by atoms with Crippen molar-refractivity contribution in [1.29, 1.82) is 0 Å². The van der Waals surface area contributed by atoms with Gasteiger partial charge in [-0.3, -0.25) is 13.9 Å². The normalized spacial score (nSPS) is 11.5. The molecule has 3 rings (SSSR count). The molecule has 7 heteroatoms. The second-order valence-corrected chi connectivity index (χ2v) is 5.05. The zero-order valence-electron chi connectivity index (χ0n) is 11.2. The Morgan fingerprint density at radius 2 is 2.16 bits per heavy atom. The molecular weight excluding hydrogens is 260 g/mol. The van der Waals surface area contributed by atoms with Gasteiger partial charge in [0.2, 0.25) is 0 Å². The Hall–Kier alpha value is -1.89. The molecule has 100 valence electrons. The van der Waals surface area contributed by atoms with Crippen LogP contribution in [-0.2, 0) is 27.1 Å². The smallest absolute Gasteiger partial charge is 0.179 e. The third kappa shape index (κ3) is 1.90. The van der Waals surface area contributed by atoms with E-state index in [-0.39, 0.29) is 0 Å². The summed E-state index contributed by atoms with van der Waals surface area (Å²) < 4.78 is 6.47. The highest BCUT2D eigenvalue weighted by Crippen LogP contribution is 2.19. The van der Waals surface area contributed by atoms with Crippen LogP contribution < -0.4 is 0 Å². The number of rotatable bonds is 3. The topological polar surface area (TPSA) is 56.4 Å². The van der Waals surface area contributed by atoms with Crippen molar-refractivity contribution in [3.05, 3.63) is 28.4 Å². The highest BCUT2D eigenvalue weighted by atomic mass is 32.1. The van der Waals surface area contributed by atoms with Crippen molar-refractivity contribution in [3.8, 4) is 0 Å². The van der Waals surface area contributed by atoms with E-state index in [0.717, 1.165) is 33.6 Å². The van der Waals surface area contributed by atoms with E-state index in [2.05, 4.69) is 26.7 Å². The number of aromatic amines is 1. The van der Waals surface area contributed by atoms with Gasteiger partial charge < -0.3 is 4.98 Å². The van der Waals surface area contributed by atoms with Crippen molar-refractivity contribution in [2.45, 2.75) is 19.9 Å². The molecule has 0 aromatic carbocycles. The monoisotopic (exact) mass is 276 g/mol. The van der Waals surface area contributed by atoms with Gasteiger partial charge in [0.15, 0.2) is 10.4 Å². The Bertz CT molecular complexity index is 787. The van der Waals surface area contributed by atoms with Crippen LogP contribution in [0.1, 0.15) is 18.2 Å². The molecule has 0 saturated carbocycles. The minimum atomic E-state index is 0.704. The Morgan fingerprint density at radius 3 is 2.79 bits per heavy atom. The van der Waals surface area contributed by atoms with Crippen molar-refractivity contribution in [2.24, 2.45) is 14.1 Å². The van der Waals surface area contributed by atoms with Crippen LogP contribution in [0, 0.1) is 4.77 Å². The van der Waals surface area contributed by atoms with Gasteiger partial charge in [-0.15, -0.1) is 0 Å². The van der Waals surface area contributed by atoms with Crippen molar-refractivity contribution in [2.75, 3.05) is 0 Å². The molecule has 0 unspecified atom stereocenters. The maximum Gasteiger partial charge on any atom is 0.179 e. The van der Waals surface area contributed by atoms with E-state index < -0.39 is 0 Å². The molecule has 0 aliphatic carbocycles. The highest BCUT2D eigenvalue weighted by Gasteiger charge is 2.14. The lowest BCUT2D eigenvalue weighted by molar-refractivity contribution is 0.708. The number of hydrogen-bond acceptors (Lipinski definition) is 3. The third-order valence-corrected chi connectivity index (χ3v) is 3.58.